The number of hydrogen-bond donors (Lipinski definition) is 0. The lowest BCUT2D eigenvalue weighted by Gasteiger charge is -2.02. The Morgan fingerprint density at radius 3 is 2.89 bits per heavy atom. The van der Waals surface area contributed by atoms with Gasteiger partial charge in [0.15, 0.2) is 0 Å². The first-order valence-corrected chi connectivity index (χ1v) is 7.22. The van der Waals surface area contributed by atoms with E-state index >= 15 is 0 Å². The van der Waals surface area contributed by atoms with Gasteiger partial charge in [0, 0.05) is 15.3 Å². The van der Waals surface area contributed by atoms with E-state index in [9.17, 15) is 4.79 Å². The van der Waals surface area contributed by atoms with E-state index in [0.29, 0.717) is 0 Å². The van der Waals surface area contributed by atoms with Crippen LogP contribution in [0.1, 0.15) is 21.5 Å². The molecule has 0 N–H and O–H groups in total. The Bertz CT molecular complexity index is 745. The zero-order valence-corrected chi connectivity index (χ0v) is 11.7. The minimum atomic E-state index is 0.718. The Hall–Kier alpha value is -1.64. The van der Waals surface area contributed by atoms with Crippen molar-refractivity contribution in [3.8, 4) is 0 Å². The van der Waals surface area contributed by atoms with E-state index in [2.05, 4.69) is 5.38 Å². The molecule has 0 spiro atoms. The standard InChI is InChI=1S/C16H11ClOS/c17-14-4-5-16-15(8-14)13(10-19-16)7-11-2-1-3-12(6-11)9-18/h1-6,8-10H,7H2. The van der Waals surface area contributed by atoms with Gasteiger partial charge in [0.25, 0.3) is 0 Å². The maximum atomic E-state index is 10.8. The molecule has 0 saturated heterocycles. The zero-order valence-electron chi connectivity index (χ0n) is 10.1. The fourth-order valence-electron chi connectivity index (χ4n) is 2.19. The minimum Gasteiger partial charge on any atom is -0.298 e. The van der Waals surface area contributed by atoms with E-state index in [-0.39, 0.29) is 0 Å². The van der Waals surface area contributed by atoms with Gasteiger partial charge in [0.1, 0.15) is 6.29 Å². The highest BCUT2D eigenvalue weighted by atomic mass is 35.5. The van der Waals surface area contributed by atoms with Crippen LogP contribution in [0.4, 0.5) is 0 Å². The van der Waals surface area contributed by atoms with Crippen molar-refractivity contribution in [2.24, 2.45) is 0 Å². The Morgan fingerprint density at radius 1 is 1.16 bits per heavy atom. The molecule has 94 valence electrons. The normalized spacial score (nSPS) is 10.8. The third-order valence-corrected chi connectivity index (χ3v) is 4.34. The molecule has 0 aliphatic carbocycles. The van der Waals surface area contributed by atoms with Crippen molar-refractivity contribution >= 4 is 39.3 Å². The van der Waals surface area contributed by atoms with Gasteiger partial charge in [-0.3, -0.25) is 4.79 Å². The van der Waals surface area contributed by atoms with Gasteiger partial charge in [0.2, 0.25) is 0 Å². The van der Waals surface area contributed by atoms with Crippen LogP contribution in [0.2, 0.25) is 5.02 Å². The average Bonchev–Trinajstić information content (AvgIpc) is 2.81. The van der Waals surface area contributed by atoms with Crippen LogP contribution in [0, 0.1) is 0 Å². The van der Waals surface area contributed by atoms with Crippen molar-refractivity contribution in [1.29, 1.82) is 0 Å². The van der Waals surface area contributed by atoms with Gasteiger partial charge in [-0.1, -0.05) is 29.8 Å². The van der Waals surface area contributed by atoms with Gasteiger partial charge in [-0.05, 0) is 52.6 Å². The maximum absolute atomic E-state index is 10.8. The molecule has 19 heavy (non-hydrogen) atoms. The summed E-state index contributed by atoms with van der Waals surface area (Å²) in [6.45, 7) is 0. The predicted molar refractivity (Wildman–Crippen MR) is 81.5 cm³/mol. The first kappa shape index (κ1) is 12.4. The summed E-state index contributed by atoms with van der Waals surface area (Å²) in [4.78, 5) is 10.8. The first-order chi connectivity index (χ1) is 9.26. The summed E-state index contributed by atoms with van der Waals surface area (Å²) in [6.07, 6.45) is 1.70. The molecule has 1 heterocycles. The molecule has 0 saturated carbocycles. The largest absolute Gasteiger partial charge is 0.298 e. The van der Waals surface area contributed by atoms with Crippen LogP contribution in [0.25, 0.3) is 10.1 Å². The molecule has 0 unspecified atom stereocenters. The molecular weight excluding hydrogens is 276 g/mol. The van der Waals surface area contributed by atoms with Crippen molar-refractivity contribution in [1.82, 2.24) is 0 Å². The number of aldehydes is 1. The summed E-state index contributed by atoms with van der Waals surface area (Å²) in [7, 11) is 0. The molecular formula is C16H11ClOS. The first-order valence-electron chi connectivity index (χ1n) is 5.96. The van der Waals surface area contributed by atoms with Crippen LogP contribution in [-0.2, 0) is 6.42 Å². The van der Waals surface area contributed by atoms with Crippen LogP contribution in [-0.4, -0.2) is 6.29 Å². The Kier molecular flexibility index (Phi) is 3.36. The number of thiophene rings is 1. The zero-order chi connectivity index (χ0) is 13.2. The van der Waals surface area contributed by atoms with Crippen LogP contribution in [0.5, 0.6) is 0 Å². The summed E-state index contributed by atoms with van der Waals surface area (Å²) in [6, 6.07) is 13.7. The minimum absolute atomic E-state index is 0.718. The fraction of sp³-hybridized carbons (Fsp3) is 0.0625. The second-order valence-electron chi connectivity index (χ2n) is 4.44. The maximum Gasteiger partial charge on any atom is 0.150 e. The Labute approximate surface area is 120 Å². The van der Waals surface area contributed by atoms with Crippen molar-refractivity contribution in [3.63, 3.8) is 0 Å². The van der Waals surface area contributed by atoms with Gasteiger partial charge >= 0.3 is 0 Å². The summed E-state index contributed by atoms with van der Waals surface area (Å²) in [5, 5.41) is 4.12. The van der Waals surface area contributed by atoms with Crippen LogP contribution < -0.4 is 0 Å². The third-order valence-electron chi connectivity index (χ3n) is 3.10. The SMILES string of the molecule is O=Cc1cccc(Cc2csc3ccc(Cl)cc23)c1. The highest BCUT2D eigenvalue weighted by Gasteiger charge is 2.06. The van der Waals surface area contributed by atoms with Crippen molar-refractivity contribution in [2.75, 3.05) is 0 Å². The third kappa shape index (κ3) is 2.55. The van der Waals surface area contributed by atoms with Crippen molar-refractivity contribution in [2.45, 2.75) is 6.42 Å². The lowest BCUT2D eigenvalue weighted by molar-refractivity contribution is 0.112. The number of halogens is 1. The molecule has 0 aliphatic rings. The van der Waals surface area contributed by atoms with Gasteiger partial charge in [-0.15, -0.1) is 11.3 Å². The molecule has 1 nitrogen and oxygen atoms in total. The van der Waals surface area contributed by atoms with Gasteiger partial charge in [-0.2, -0.15) is 0 Å². The number of carbonyl (C=O) groups is 1. The topological polar surface area (TPSA) is 17.1 Å². The number of carbonyl (C=O) groups excluding carboxylic acids is 1. The summed E-state index contributed by atoms with van der Waals surface area (Å²) >= 11 is 7.78. The Morgan fingerprint density at radius 2 is 2.05 bits per heavy atom. The van der Waals surface area contributed by atoms with Crippen molar-refractivity contribution < 1.29 is 4.79 Å². The second kappa shape index (κ2) is 5.16. The van der Waals surface area contributed by atoms with Crippen LogP contribution in [0.3, 0.4) is 0 Å². The second-order valence-corrected chi connectivity index (χ2v) is 5.79. The van der Waals surface area contributed by atoms with E-state index in [1.54, 1.807) is 11.3 Å². The van der Waals surface area contributed by atoms with Gasteiger partial charge in [-0.25, -0.2) is 0 Å². The van der Waals surface area contributed by atoms with Gasteiger partial charge in [0.05, 0.1) is 0 Å². The molecule has 3 rings (SSSR count). The molecule has 0 radical (unpaired) electrons. The number of fused-ring (bicyclic) bond motifs is 1. The molecule has 0 amide bonds. The number of benzene rings is 2. The van der Waals surface area contributed by atoms with Crippen LogP contribution in [0.15, 0.2) is 47.8 Å². The summed E-state index contributed by atoms with van der Waals surface area (Å²) in [5.74, 6) is 0. The van der Waals surface area contributed by atoms with E-state index in [4.69, 9.17) is 11.6 Å². The number of hydrogen-bond acceptors (Lipinski definition) is 2. The monoisotopic (exact) mass is 286 g/mol. The smallest absolute Gasteiger partial charge is 0.150 e. The lowest BCUT2D eigenvalue weighted by atomic mass is 10.0. The summed E-state index contributed by atoms with van der Waals surface area (Å²) < 4.78 is 1.24. The fourth-order valence-corrected chi connectivity index (χ4v) is 3.30. The quantitative estimate of drug-likeness (QED) is 0.622. The molecule has 0 aliphatic heterocycles. The van der Waals surface area contributed by atoms with Gasteiger partial charge < -0.3 is 0 Å². The molecule has 2 aromatic carbocycles. The van der Waals surface area contributed by atoms with Crippen molar-refractivity contribution in [3.05, 3.63) is 69.6 Å². The molecule has 0 bridgehead atoms. The van der Waals surface area contributed by atoms with E-state index < -0.39 is 0 Å². The molecule has 3 heteroatoms. The Balaban J connectivity index is 2.00. The number of rotatable bonds is 3. The molecule has 1 aromatic heterocycles. The molecule has 3 aromatic rings. The molecule has 0 fully saturated rings. The highest BCUT2D eigenvalue weighted by Crippen LogP contribution is 2.30. The predicted octanol–water partition coefficient (Wildman–Crippen LogP) is 4.96. The van der Waals surface area contributed by atoms with E-state index in [0.717, 1.165) is 28.9 Å². The van der Waals surface area contributed by atoms with E-state index in [1.807, 2.05) is 42.5 Å². The van der Waals surface area contributed by atoms with E-state index in [1.165, 1.54) is 15.6 Å². The molecule has 0 atom stereocenters. The average molecular weight is 287 g/mol. The summed E-state index contributed by atoms with van der Waals surface area (Å²) in [5.41, 5.74) is 3.12. The highest BCUT2D eigenvalue weighted by molar-refractivity contribution is 7.17. The van der Waals surface area contributed by atoms with Crippen LogP contribution >= 0.6 is 22.9 Å². The lowest BCUT2D eigenvalue weighted by Crippen LogP contribution is -1.89.